The number of fused-ring (bicyclic) bond motifs is 1. The number of hydrogen-bond donors (Lipinski definition) is 2. The molecule has 0 radical (unpaired) electrons. The number of piperidine rings is 1. The van der Waals surface area contributed by atoms with Gasteiger partial charge in [-0.25, -0.2) is 22.9 Å². The number of anilines is 1. The highest BCUT2D eigenvalue weighted by molar-refractivity contribution is 7.92. The highest BCUT2D eigenvalue weighted by Gasteiger charge is 2.30. The van der Waals surface area contributed by atoms with Crippen LogP contribution >= 0.6 is 22.9 Å². The summed E-state index contributed by atoms with van der Waals surface area (Å²) in [4.78, 5) is 32.3. The largest absolute Gasteiger partial charge is 0.492 e. The first-order valence-electron chi connectivity index (χ1n) is 12.6. The van der Waals surface area contributed by atoms with Crippen LogP contribution in [0.5, 0.6) is 5.75 Å². The van der Waals surface area contributed by atoms with E-state index < -0.39 is 27.0 Å². The first kappa shape index (κ1) is 28.0. The van der Waals surface area contributed by atoms with Crippen LogP contribution in [-0.2, 0) is 9.84 Å². The van der Waals surface area contributed by atoms with E-state index in [9.17, 15) is 18.0 Å². The Morgan fingerprint density at radius 1 is 1.20 bits per heavy atom. The minimum atomic E-state index is -3.49. The summed E-state index contributed by atoms with van der Waals surface area (Å²) in [5, 5.41) is 8.88. The Morgan fingerprint density at radius 2 is 1.98 bits per heavy atom. The van der Waals surface area contributed by atoms with Crippen molar-refractivity contribution in [2.45, 2.75) is 29.9 Å². The second kappa shape index (κ2) is 11.5. The van der Waals surface area contributed by atoms with Crippen LogP contribution < -0.4 is 15.4 Å². The normalized spacial score (nSPS) is 14.8. The van der Waals surface area contributed by atoms with Crippen molar-refractivity contribution in [2.75, 3.05) is 32.1 Å². The lowest BCUT2D eigenvalue weighted by Crippen LogP contribution is -2.37. The predicted octanol–water partition coefficient (Wildman–Crippen LogP) is 4.36. The third-order valence-corrected chi connectivity index (χ3v) is 10.1. The number of imide groups is 1. The van der Waals surface area contributed by atoms with E-state index in [-0.39, 0.29) is 20.6 Å². The van der Waals surface area contributed by atoms with Gasteiger partial charge in [0, 0.05) is 18.5 Å². The molecule has 0 spiro atoms. The Bertz CT molecular complexity index is 1660. The lowest BCUT2D eigenvalue weighted by Gasteiger charge is -2.28. The van der Waals surface area contributed by atoms with Crippen molar-refractivity contribution in [3.8, 4) is 11.4 Å². The molecule has 0 unspecified atom stereocenters. The van der Waals surface area contributed by atoms with Crippen molar-refractivity contribution >= 4 is 60.1 Å². The topological polar surface area (TPSA) is 136 Å². The number of benzene rings is 2. The van der Waals surface area contributed by atoms with Crippen LogP contribution in [0.2, 0.25) is 5.02 Å². The number of likely N-dealkylation sites (tertiary alicyclic amines) is 1. The summed E-state index contributed by atoms with van der Waals surface area (Å²) >= 11 is 7.46. The average molecular weight is 603 g/mol. The van der Waals surface area contributed by atoms with Crippen LogP contribution in [0.15, 0.2) is 53.7 Å². The van der Waals surface area contributed by atoms with Crippen LogP contribution in [0, 0.1) is 0 Å². The van der Waals surface area contributed by atoms with Crippen molar-refractivity contribution in [2.24, 2.45) is 0 Å². The minimum absolute atomic E-state index is 0.0545. The molecule has 0 aliphatic carbocycles. The van der Waals surface area contributed by atoms with E-state index in [2.05, 4.69) is 25.6 Å². The lowest BCUT2D eigenvalue weighted by molar-refractivity contribution is 0.0967. The van der Waals surface area contributed by atoms with Crippen LogP contribution in [0.3, 0.4) is 0 Å². The van der Waals surface area contributed by atoms with Crippen molar-refractivity contribution < 1.29 is 22.7 Å². The summed E-state index contributed by atoms with van der Waals surface area (Å²) in [6, 6.07) is 8.67. The molecule has 2 aromatic heterocycles. The van der Waals surface area contributed by atoms with Crippen LogP contribution in [-0.4, -0.2) is 72.0 Å². The van der Waals surface area contributed by atoms with Gasteiger partial charge in [0.1, 0.15) is 11.4 Å². The SMILES string of the molecule is CCOc1cc(Cl)c(C(=O)NC(=O)Nc2nc3ccc(S(=O)(=O)C4CCN(C)CC4)cc3s2)cc1-n1cccn1. The highest BCUT2D eigenvalue weighted by atomic mass is 35.5. The molecule has 40 heavy (non-hydrogen) atoms. The number of halogens is 1. The number of urea groups is 1. The first-order chi connectivity index (χ1) is 19.2. The number of carbonyl (C=O) groups excluding carboxylic acids is 2. The number of nitrogens with one attached hydrogen (secondary N) is 2. The number of aromatic nitrogens is 3. The van der Waals surface area contributed by atoms with Crippen molar-refractivity contribution in [1.29, 1.82) is 0 Å². The summed E-state index contributed by atoms with van der Waals surface area (Å²) in [5.41, 5.74) is 1.07. The van der Waals surface area contributed by atoms with E-state index in [0.29, 0.717) is 41.1 Å². The third-order valence-electron chi connectivity index (χ3n) is 6.58. The van der Waals surface area contributed by atoms with Gasteiger partial charge in [-0.15, -0.1) is 0 Å². The fraction of sp³-hybridized carbons (Fsp3) is 0.308. The lowest BCUT2D eigenvalue weighted by atomic mass is 10.1. The van der Waals surface area contributed by atoms with Crippen molar-refractivity contribution in [1.82, 2.24) is 25.0 Å². The van der Waals surface area contributed by atoms with Crippen LogP contribution in [0.4, 0.5) is 9.93 Å². The molecule has 2 N–H and O–H groups in total. The Morgan fingerprint density at radius 3 is 2.67 bits per heavy atom. The van der Waals surface area contributed by atoms with Gasteiger partial charge in [0.05, 0.1) is 37.6 Å². The van der Waals surface area contributed by atoms with Crippen molar-refractivity contribution in [3.63, 3.8) is 0 Å². The van der Waals surface area contributed by atoms with Gasteiger partial charge in [0.2, 0.25) is 0 Å². The summed E-state index contributed by atoms with van der Waals surface area (Å²) in [6.45, 7) is 3.68. The van der Waals surface area contributed by atoms with E-state index in [0.717, 1.165) is 24.4 Å². The Labute approximate surface area is 240 Å². The zero-order chi connectivity index (χ0) is 28.4. The van der Waals surface area contributed by atoms with E-state index in [4.69, 9.17) is 16.3 Å². The van der Waals surface area contributed by atoms with Crippen LogP contribution in [0.1, 0.15) is 30.1 Å². The molecule has 11 nitrogen and oxygen atoms in total. The zero-order valence-corrected chi connectivity index (χ0v) is 24.1. The minimum Gasteiger partial charge on any atom is -0.492 e. The molecule has 210 valence electrons. The standard InChI is InChI=1S/C26H27ClN6O5S2/c1-3-38-22-15-19(27)18(14-21(22)33-10-4-9-28-33)24(34)30-25(35)31-26-29-20-6-5-17(13-23(20)39-26)40(36,37)16-7-11-32(2)12-8-16/h4-6,9-10,13-16H,3,7-8,11-12H2,1-2H3,(H2,29,30,31,34,35). The Hall–Kier alpha value is -3.52. The maximum absolute atomic E-state index is 13.2. The van der Waals surface area contributed by atoms with Gasteiger partial charge in [-0.1, -0.05) is 22.9 Å². The number of ether oxygens (including phenoxy) is 1. The summed E-state index contributed by atoms with van der Waals surface area (Å²) in [6.07, 6.45) is 4.45. The van der Waals surface area contributed by atoms with Gasteiger partial charge in [-0.05, 0) is 70.2 Å². The van der Waals surface area contributed by atoms with Gasteiger partial charge in [0.25, 0.3) is 5.91 Å². The Kier molecular flexibility index (Phi) is 8.08. The molecule has 0 saturated carbocycles. The number of sulfone groups is 1. The average Bonchev–Trinajstić information content (AvgIpc) is 3.58. The fourth-order valence-electron chi connectivity index (χ4n) is 4.50. The summed E-state index contributed by atoms with van der Waals surface area (Å²) in [7, 11) is -1.51. The quantitative estimate of drug-likeness (QED) is 0.318. The van der Waals surface area contributed by atoms with Gasteiger partial charge in [-0.3, -0.25) is 15.4 Å². The smallest absolute Gasteiger partial charge is 0.327 e. The molecule has 0 atom stereocenters. The molecule has 3 amide bonds. The number of nitrogens with zero attached hydrogens (tertiary/aromatic N) is 4. The molecule has 1 fully saturated rings. The van der Waals surface area contributed by atoms with E-state index in [1.807, 2.05) is 14.0 Å². The van der Waals surface area contributed by atoms with Crippen molar-refractivity contribution in [3.05, 3.63) is 59.4 Å². The number of amides is 3. The maximum Gasteiger partial charge on any atom is 0.327 e. The number of thiazole rings is 1. The zero-order valence-electron chi connectivity index (χ0n) is 21.8. The van der Waals surface area contributed by atoms with E-state index in [1.54, 1.807) is 36.7 Å². The number of hydrogen-bond acceptors (Lipinski definition) is 9. The molecule has 5 rings (SSSR count). The molecule has 4 aromatic rings. The summed E-state index contributed by atoms with van der Waals surface area (Å²) in [5.74, 6) is -0.296. The highest BCUT2D eigenvalue weighted by Crippen LogP contribution is 2.32. The molecule has 1 aliphatic heterocycles. The monoisotopic (exact) mass is 602 g/mol. The second-order valence-corrected chi connectivity index (χ2v) is 13.0. The fourth-order valence-corrected chi connectivity index (χ4v) is 7.47. The second-order valence-electron chi connectivity index (χ2n) is 9.29. The Balaban J connectivity index is 1.30. The van der Waals surface area contributed by atoms with E-state index >= 15 is 0 Å². The maximum atomic E-state index is 13.2. The molecule has 2 aromatic carbocycles. The van der Waals surface area contributed by atoms with Crippen LogP contribution in [0.25, 0.3) is 15.9 Å². The van der Waals surface area contributed by atoms with E-state index in [1.165, 1.54) is 16.8 Å². The van der Waals surface area contributed by atoms with Gasteiger partial charge in [-0.2, -0.15) is 5.10 Å². The molecular weight excluding hydrogens is 576 g/mol. The molecule has 1 aliphatic rings. The number of rotatable bonds is 7. The first-order valence-corrected chi connectivity index (χ1v) is 15.3. The molecule has 14 heteroatoms. The van der Waals surface area contributed by atoms with Gasteiger partial charge in [0.15, 0.2) is 15.0 Å². The summed E-state index contributed by atoms with van der Waals surface area (Å²) < 4.78 is 34.1. The van der Waals surface area contributed by atoms with Gasteiger partial charge < -0.3 is 9.64 Å². The molecular formula is C26H27ClN6O5S2. The molecule has 3 heterocycles. The number of carbonyl (C=O) groups is 2. The predicted molar refractivity (Wildman–Crippen MR) is 154 cm³/mol. The van der Waals surface area contributed by atoms with Gasteiger partial charge >= 0.3 is 6.03 Å². The molecule has 1 saturated heterocycles. The third kappa shape index (κ3) is 5.82. The molecule has 0 bridgehead atoms.